The molecule has 2 aliphatic rings. The highest BCUT2D eigenvalue weighted by Crippen LogP contribution is 2.45. The zero-order valence-electron chi connectivity index (χ0n) is 10.8. The van der Waals surface area contributed by atoms with Crippen LogP contribution in [0.3, 0.4) is 0 Å². The molecule has 2 fully saturated rings. The molecule has 3 atom stereocenters. The summed E-state index contributed by atoms with van der Waals surface area (Å²) in [5, 5.41) is 0. The van der Waals surface area contributed by atoms with Gasteiger partial charge in [0, 0.05) is 8.07 Å². The Bertz CT molecular complexity index is 217. The Kier molecular flexibility index (Phi) is 3.02. The van der Waals surface area contributed by atoms with E-state index in [4.69, 9.17) is 4.74 Å². The molecule has 0 N–H and O–H groups in total. The van der Waals surface area contributed by atoms with Crippen LogP contribution in [0.4, 0.5) is 0 Å². The maximum absolute atomic E-state index is 6.36. The minimum atomic E-state index is -0.984. The largest absolute Gasteiger partial charge is 0.372 e. The number of hydrogen-bond donors (Lipinski definition) is 0. The van der Waals surface area contributed by atoms with Gasteiger partial charge in [-0.25, -0.2) is 0 Å². The molecule has 0 unspecified atom stereocenters. The summed E-state index contributed by atoms with van der Waals surface area (Å²) in [5.74, 6) is 0.889. The first kappa shape index (κ1) is 11.7. The van der Waals surface area contributed by atoms with Crippen molar-refractivity contribution in [2.75, 3.05) is 0 Å². The molecule has 0 aromatic heterocycles. The standard InChI is InChI=1S/C13H26OSi/c1-13(10-15(2,3)4)9-11-7-5-6-8-12(11)14-13/h11-12H,5-10H2,1-4H3/t11-,12+,13+/m1/s1. The average molecular weight is 226 g/mol. The summed E-state index contributed by atoms with van der Waals surface area (Å²) >= 11 is 0. The van der Waals surface area contributed by atoms with Crippen LogP contribution in [0.5, 0.6) is 0 Å². The molecule has 0 aromatic rings. The molecule has 1 aliphatic heterocycles. The topological polar surface area (TPSA) is 9.23 Å². The van der Waals surface area contributed by atoms with Crippen molar-refractivity contribution < 1.29 is 4.74 Å². The maximum atomic E-state index is 6.36. The first-order chi connectivity index (χ1) is 6.88. The highest BCUT2D eigenvalue weighted by Gasteiger charge is 2.45. The van der Waals surface area contributed by atoms with E-state index in [9.17, 15) is 0 Å². The van der Waals surface area contributed by atoms with Crippen LogP contribution in [0.2, 0.25) is 25.7 Å². The Morgan fingerprint density at radius 3 is 2.47 bits per heavy atom. The molecule has 1 saturated carbocycles. The Balaban J connectivity index is 2.00. The van der Waals surface area contributed by atoms with Crippen molar-refractivity contribution in [2.24, 2.45) is 5.92 Å². The van der Waals surface area contributed by atoms with Gasteiger partial charge in [-0.1, -0.05) is 32.5 Å². The fourth-order valence-electron chi connectivity index (χ4n) is 3.77. The summed E-state index contributed by atoms with van der Waals surface area (Å²) in [6.07, 6.45) is 7.53. The lowest BCUT2D eigenvalue weighted by molar-refractivity contribution is -0.0308. The van der Waals surface area contributed by atoms with E-state index in [0.29, 0.717) is 6.10 Å². The monoisotopic (exact) mass is 226 g/mol. The van der Waals surface area contributed by atoms with E-state index in [1.807, 2.05) is 0 Å². The molecule has 0 spiro atoms. The second-order valence-electron chi connectivity index (χ2n) is 7.09. The van der Waals surface area contributed by atoms with E-state index in [2.05, 4.69) is 26.6 Å². The van der Waals surface area contributed by atoms with Crippen molar-refractivity contribution >= 4 is 8.07 Å². The predicted molar refractivity (Wildman–Crippen MR) is 68.0 cm³/mol. The smallest absolute Gasteiger partial charge is 0.0638 e. The SMILES string of the molecule is C[C@@]1(C[Si](C)(C)C)C[C@H]2CCCC[C@@H]2O1. The van der Waals surface area contributed by atoms with Crippen molar-refractivity contribution in [3.8, 4) is 0 Å². The predicted octanol–water partition coefficient (Wildman–Crippen LogP) is 4.06. The molecule has 1 saturated heterocycles. The summed E-state index contributed by atoms with van der Waals surface area (Å²) < 4.78 is 6.36. The minimum Gasteiger partial charge on any atom is -0.372 e. The van der Waals surface area contributed by atoms with Gasteiger partial charge in [-0.15, -0.1) is 0 Å². The van der Waals surface area contributed by atoms with Gasteiger partial charge in [0.1, 0.15) is 0 Å². The Hall–Kier alpha value is 0.177. The molecule has 1 nitrogen and oxygen atoms in total. The maximum Gasteiger partial charge on any atom is 0.0638 e. The second kappa shape index (κ2) is 3.88. The van der Waals surface area contributed by atoms with Gasteiger partial charge in [-0.3, -0.25) is 0 Å². The van der Waals surface area contributed by atoms with Gasteiger partial charge in [0.2, 0.25) is 0 Å². The van der Waals surface area contributed by atoms with Crippen molar-refractivity contribution in [3.05, 3.63) is 0 Å². The summed E-state index contributed by atoms with van der Waals surface area (Å²) in [6.45, 7) is 9.75. The molecule has 1 heterocycles. The van der Waals surface area contributed by atoms with Crippen molar-refractivity contribution in [2.45, 2.75) is 76.4 Å². The molecule has 2 rings (SSSR count). The van der Waals surface area contributed by atoms with Crippen LogP contribution in [0.1, 0.15) is 39.0 Å². The molecule has 0 aromatic carbocycles. The van der Waals surface area contributed by atoms with E-state index in [1.165, 1.54) is 38.1 Å². The highest BCUT2D eigenvalue weighted by atomic mass is 28.3. The van der Waals surface area contributed by atoms with E-state index >= 15 is 0 Å². The summed E-state index contributed by atoms with van der Waals surface area (Å²) in [6, 6.07) is 1.34. The van der Waals surface area contributed by atoms with Crippen molar-refractivity contribution in [1.82, 2.24) is 0 Å². The third-order valence-corrected chi connectivity index (χ3v) is 5.68. The molecule has 1 aliphatic carbocycles. The van der Waals surface area contributed by atoms with Gasteiger partial charge in [0.05, 0.1) is 11.7 Å². The molecule has 0 radical (unpaired) electrons. The van der Waals surface area contributed by atoms with Crippen LogP contribution in [0, 0.1) is 5.92 Å². The Morgan fingerprint density at radius 2 is 1.87 bits per heavy atom. The highest BCUT2D eigenvalue weighted by molar-refractivity contribution is 6.76. The van der Waals surface area contributed by atoms with Crippen LogP contribution in [0.15, 0.2) is 0 Å². The molecular weight excluding hydrogens is 200 g/mol. The van der Waals surface area contributed by atoms with Crippen molar-refractivity contribution in [3.63, 3.8) is 0 Å². The summed E-state index contributed by atoms with van der Waals surface area (Å²) in [5.41, 5.74) is 0.226. The lowest BCUT2D eigenvalue weighted by Crippen LogP contribution is -2.35. The van der Waals surface area contributed by atoms with Crippen molar-refractivity contribution in [1.29, 1.82) is 0 Å². The average Bonchev–Trinajstić information content (AvgIpc) is 2.35. The first-order valence-corrected chi connectivity index (χ1v) is 10.3. The summed E-state index contributed by atoms with van der Waals surface area (Å²) in [4.78, 5) is 0. The van der Waals surface area contributed by atoms with Gasteiger partial charge >= 0.3 is 0 Å². The fraction of sp³-hybridized carbons (Fsp3) is 1.00. The molecule has 2 heteroatoms. The molecular formula is C13H26OSi. The zero-order chi connectivity index (χ0) is 11.1. The molecule has 0 amide bonds. The number of fused-ring (bicyclic) bond motifs is 1. The molecule has 15 heavy (non-hydrogen) atoms. The third-order valence-electron chi connectivity index (χ3n) is 3.87. The van der Waals surface area contributed by atoms with E-state index < -0.39 is 8.07 Å². The Morgan fingerprint density at radius 1 is 1.20 bits per heavy atom. The lowest BCUT2D eigenvalue weighted by Gasteiger charge is -2.31. The van der Waals surface area contributed by atoms with Gasteiger partial charge in [-0.2, -0.15) is 0 Å². The quantitative estimate of drug-likeness (QED) is 0.645. The van der Waals surface area contributed by atoms with Crippen LogP contribution >= 0.6 is 0 Å². The first-order valence-electron chi connectivity index (χ1n) is 6.56. The number of rotatable bonds is 2. The second-order valence-corrected chi connectivity index (χ2v) is 12.6. The number of ether oxygens (including phenoxy) is 1. The van der Waals surface area contributed by atoms with Crippen LogP contribution in [0.25, 0.3) is 0 Å². The number of hydrogen-bond acceptors (Lipinski definition) is 1. The van der Waals surface area contributed by atoms with Crippen LogP contribution in [-0.2, 0) is 4.74 Å². The minimum absolute atomic E-state index is 0.226. The summed E-state index contributed by atoms with van der Waals surface area (Å²) in [7, 11) is -0.984. The van der Waals surface area contributed by atoms with Gasteiger partial charge in [0.15, 0.2) is 0 Å². The van der Waals surface area contributed by atoms with E-state index in [-0.39, 0.29) is 5.60 Å². The van der Waals surface area contributed by atoms with Crippen LogP contribution in [-0.4, -0.2) is 19.8 Å². The van der Waals surface area contributed by atoms with Gasteiger partial charge in [0.25, 0.3) is 0 Å². The van der Waals surface area contributed by atoms with Gasteiger partial charge in [-0.05, 0) is 38.1 Å². The van der Waals surface area contributed by atoms with E-state index in [0.717, 1.165) is 5.92 Å². The van der Waals surface area contributed by atoms with Crippen LogP contribution < -0.4 is 0 Å². The van der Waals surface area contributed by atoms with E-state index in [1.54, 1.807) is 0 Å². The van der Waals surface area contributed by atoms with Gasteiger partial charge < -0.3 is 4.74 Å². The lowest BCUT2D eigenvalue weighted by atomic mass is 9.83. The molecule has 0 bridgehead atoms. The fourth-order valence-corrected chi connectivity index (χ4v) is 6.24. The third kappa shape index (κ3) is 2.85. The molecule has 88 valence electrons. The zero-order valence-corrected chi connectivity index (χ0v) is 11.8. The normalized spacial score (nSPS) is 41.6. The Labute approximate surface area is 95.6 Å².